The summed E-state index contributed by atoms with van der Waals surface area (Å²) in [4.78, 5) is 0. The van der Waals surface area contributed by atoms with Crippen molar-refractivity contribution in [3.8, 4) is 0 Å². The zero-order valence-electron chi connectivity index (χ0n) is 8.09. The Balaban J connectivity index is 2.91. The smallest absolute Gasteiger partial charge is 0.141 e. The molecule has 0 radical (unpaired) electrons. The predicted octanol–water partition coefficient (Wildman–Crippen LogP) is 2.12. The van der Waals surface area contributed by atoms with E-state index in [0.29, 0.717) is 5.56 Å². The predicted molar refractivity (Wildman–Crippen MR) is 54.9 cm³/mol. The van der Waals surface area contributed by atoms with E-state index in [1.807, 2.05) is 6.92 Å². The zero-order valence-corrected chi connectivity index (χ0v) is 8.85. The number of hydrogen-bond acceptors (Lipinski definition) is 2. The molecule has 0 saturated heterocycles. The molecule has 0 aliphatic carbocycles. The largest absolute Gasteiger partial charge is 0.387 e. The molecular weight excluding hydrogens is 205 g/mol. The van der Waals surface area contributed by atoms with Crippen molar-refractivity contribution < 1.29 is 9.50 Å². The van der Waals surface area contributed by atoms with Crippen molar-refractivity contribution in [2.45, 2.75) is 19.1 Å². The summed E-state index contributed by atoms with van der Waals surface area (Å²) >= 11 is 5.60. The molecule has 0 aromatic heterocycles. The van der Waals surface area contributed by atoms with Crippen LogP contribution in [0.25, 0.3) is 0 Å². The molecule has 0 aliphatic heterocycles. The van der Waals surface area contributed by atoms with Gasteiger partial charge in [0.1, 0.15) is 5.82 Å². The van der Waals surface area contributed by atoms with Crippen molar-refractivity contribution in [3.63, 3.8) is 0 Å². The maximum atomic E-state index is 12.8. The van der Waals surface area contributed by atoms with Gasteiger partial charge in [-0.1, -0.05) is 17.7 Å². The highest BCUT2D eigenvalue weighted by atomic mass is 35.5. The number of nitrogens with one attached hydrogen (secondary N) is 1. The minimum Gasteiger partial charge on any atom is -0.387 e. The molecule has 0 amide bonds. The molecule has 4 heteroatoms. The van der Waals surface area contributed by atoms with Crippen molar-refractivity contribution in [3.05, 3.63) is 34.6 Å². The highest BCUT2D eigenvalue weighted by Crippen LogP contribution is 2.22. The summed E-state index contributed by atoms with van der Waals surface area (Å²) in [6.45, 7) is 1.84. The Morgan fingerprint density at radius 1 is 1.50 bits per heavy atom. The van der Waals surface area contributed by atoms with Crippen LogP contribution in [0.2, 0.25) is 5.02 Å². The fourth-order valence-corrected chi connectivity index (χ4v) is 1.33. The van der Waals surface area contributed by atoms with Gasteiger partial charge in [0.25, 0.3) is 0 Å². The number of halogens is 2. The van der Waals surface area contributed by atoms with Crippen molar-refractivity contribution in [2.24, 2.45) is 0 Å². The molecule has 14 heavy (non-hydrogen) atoms. The standard InChI is InChI=1S/C10H13ClFNO/c1-6(13-2)10(14)7-3-4-9(12)8(11)5-7/h3-6,10,13-14H,1-2H3/t6-,10?/m0/s1. The second kappa shape index (κ2) is 4.73. The fraction of sp³-hybridized carbons (Fsp3) is 0.400. The molecule has 1 aromatic rings. The Kier molecular flexibility index (Phi) is 3.86. The molecule has 0 aliphatic rings. The minimum atomic E-state index is -0.682. The van der Waals surface area contributed by atoms with Gasteiger partial charge in [0.05, 0.1) is 11.1 Å². The molecule has 2 atom stereocenters. The van der Waals surface area contributed by atoms with Crippen molar-refractivity contribution >= 4 is 11.6 Å². The Morgan fingerprint density at radius 3 is 2.64 bits per heavy atom. The van der Waals surface area contributed by atoms with E-state index in [2.05, 4.69) is 5.32 Å². The van der Waals surface area contributed by atoms with E-state index in [0.717, 1.165) is 0 Å². The fourth-order valence-electron chi connectivity index (χ4n) is 1.14. The van der Waals surface area contributed by atoms with Crippen LogP contribution in [0.15, 0.2) is 18.2 Å². The maximum absolute atomic E-state index is 12.8. The molecule has 1 aromatic carbocycles. The van der Waals surface area contributed by atoms with Gasteiger partial charge in [0.2, 0.25) is 0 Å². The average Bonchev–Trinajstić information content (AvgIpc) is 2.20. The first-order valence-electron chi connectivity index (χ1n) is 4.36. The van der Waals surface area contributed by atoms with E-state index >= 15 is 0 Å². The van der Waals surface area contributed by atoms with Crippen LogP contribution in [-0.2, 0) is 0 Å². The lowest BCUT2D eigenvalue weighted by atomic mass is 10.0. The molecule has 0 saturated carbocycles. The van der Waals surface area contributed by atoms with Crippen LogP contribution in [0, 0.1) is 5.82 Å². The third-order valence-electron chi connectivity index (χ3n) is 2.21. The van der Waals surface area contributed by atoms with Gasteiger partial charge in [-0.15, -0.1) is 0 Å². The quantitative estimate of drug-likeness (QED) is 0.813. The lowest BCUT2D eigenvalue weighted by molar-refractivity contribution is 0.140. The summed E-state index contributed by atoms with van der Waals surface area (Å²) in [6, 6.07) is 4.12. The van der Waals surface area contributed by atoms with Gasteiger partial charge in [-0.2, -0.15) is 0 Å². The van der Waals surface area contributed by atoms with Crippen molar-refractivity contribution in [2.75, 3.05) is 7.05 Å². The number of benzene rings is 1. The second-order valence-corrected chi connectivity index (χ2v) is 3.60. The summed E-state index contributed by atoms with van der Waals surface area (Å²) in [7, 11) is 1.75. The first-order chi connectivity index (χ1) is 6.56. The van der Waals surface area contributed by atoms with Crippen LogP contribution in [-0.4, -0.2) is 18.2 Å². The lowest BCUT2D eigenvalue weighted by Gasteiger charge is -2.18. The summed E-state index contributed by atoms with van der Waals surface area (Å²) in [5.41, 5.74) is 0.609. The lowest BCUT2D eigenvalue weighted by Crippen LogP contribution is -2.28. The van der Waals surface area contributed by atoms with Crippen LogP contribution in [0.1, 0.15) is 18.6 Å². The number of rotatable bonds is 3. The van der Waals surface area contributed by atoms with E-state index in [1.54, 1.807) is 7.05 Å². The molecule has 2 nitrogen and oxygen atoms in total. The first kappa shape index (κ1) is 11.4. The molecule has 0 heterocycles. The van der Waals surface area contributed by atoms with Gasteiger partial charge < -0.3 is 10.4 Å². The van der Waals surface area contributed by atoms with E-state index < -0.39 is 11.9 Å². The SMILES string of the molecule is CN[C@@H](C)C(O)c1ccc(F)c(Cl)c1. The third kappa shape index (κ3) is 2.44. The van der Waals surface area contributed by atoms with E-state index in [9.17, 15) is 9.50 Å². The van der Waals surface area contributed by atoms with Gasteiger partial charge in [-0.3, -0.25) is 0 Å². The maximum Gasteiger partial charge on any atom is 0.141 e. The third-order valence-corrected chi connectivity index (χ3v) is 2.50. The first-order valence-corrected chi connectivity index (χ1v) is 4.74. The molecule has 1 unspecified atom stereocenters. The molecule has 1 rings (SSSR count). The number of aliphatic hydroxyl groups is 1. The Labute approximate surface area is 87.7 Å². The Hall–Kier alpha value is -0.640. The Bertz CT molecular complexity index is 319. The molecule has 0 fully saturated rings. The number of aliphatic hydroxyl groups excluding tert-OH is 1. The summed E-state index contributed by atoms with van der Waals surface area (Å²) < 4.78 is 12.8. The monoisotopic (exact) mass is 217 g/mol. The highest BCUT2D eigenvalue weighted by molar-refractivity contribution is 6.30. The van der Waals surface area contributed by atoms with Gasteiger partial charge in [-0.25, -0.2) is 4.39 Å². The molecular formula is C10H13ClFNO. The van der Waals surface area contributed by atoms with Crippen molar-refractivity contribution in [1.29, 1.82) is 0 Å². The molecule has 0 spiro atoms. The van der Waals surface area contributed by atoms with Crippen LogP contribution in [0.4, 0.5) is 4.39 Å². The van der Waals surface area contributed by atoms with Gasteiger partial charge in [0, 0.05) is 6.04 Å². The van der Waals surface area contributed by atoms with Crippen LogP contribution in [0.3, 0.4) is 0 Å². The van der Waals surface area contributed by atoms with Gasteiger partial charge in [0.15, 0.2) is 0 Å². The zero-order chi connectivity index (χ0) is 10.7. The van der Waals surface area contributed by atoms with Gasteiger partial charge in [-0.05, 0) is 31.7 Å². The van der Waals surface area contributed by atoms with E-state index in [4.69, 9.17) is 11.6 Å². The second-order valence-electron chi connectivity index (χ2n) is 3.20. The molecule has 0 bridgehead atoms. The highest BCUT2D eigenvalue weighted by Gasteiger charge is 2.15. The summed E-state index contributed by atoms with van der Waals surface area (Å²) in [6.07, 6.45) is -0.682. The van der Waals surface area contributed by atoms with Crippen LogP contribution < -0.4 is 5.32 Å². The number of likely N-dealkylation sites (N-methyl/N-ethyl adjacent to an activating group) is 1. The molecule has 2 N–H and O–H groups in total. The topological polar surface area (TPSA) is 32.3 Å². The summed E-state index contributed by atoms with van der Waals surface area (Å²) in [5, 5.41) is 12.7. The number of hydrogen-bond donors (Lipinski definition) is 2. The van der Waals surface area contributed by atoms with Crippen LogP contribution >= 0.6 is 11.6 Å². The normalized spacial score (nSPS) is 15.2. The van der Waals surface area contributed by atoms with E-state index in [1.165, 1.54) is 18.2 Å². The summed E-state index contributed by atoms with van der Waals surface area (Å²) in [5.74, 6) is -0.472. The minimum absolute atomic E-state index is 0.0323. The Morgan fingerprint density at radius 2 is 2.14 bits per heavy atom. The van der Waals surface area contributed by atoms with E-state index in [-0.39, 0.29) is 11.1 Å². The molecule has 78 valence electrons. The average molecular weight is 218 g/mol. The van der Waals surface area contributed by atoms with Crippen molar-refractivity contribution in [1.82, 2.24) is 5.32 Å². The van der Waals surface area contributed by atoms with Crippen LogP contribution in [0.5, 0.6) is 0 Å². The van der Waals surface area contributed by atoms with Gasteiger partial charge >= 0.3 is 0 Å².